The van der Waals surface area contributed by atoms with Crippen LogP contribution in [-0.2, 0) is 18.0 Å². The molecule has 0 amide bonds. The molecule has 0 bridgehead atoms. The minimum absolute atomic E-state index is 0.00988. The molecule has 2 heterocycles. The number of aromatic nitrogens is 2. The topological polar surface area (TPSA) is 44.2 Å². The maximum atomic E-state index is 13.3. The molecule has 1 aromatic carbocycles. The molecule has 0 aliphatic rings. The lowest BCUT2D eigenvalue weighted by molar-refractivity contribution is 0.446. The van der Waals surface area contributed by atoms with Crippen molar-refractivity contribution in [2.24, 2.45) is 0 Å². The minimum atomic E-state index is -3.05. The van der Waals surface area contributed by atoms with Gasteiger partial charge in [-0.15, -0.1) is 0 Å². The summed E-state index contributed by atoms with van der Waals surface area (Å²) < 4.78 is 38.1. The van der Waals surface area contributed by atoms with Crippen LogP contribution in [-0.4, -0.2) is 9.97 Å². The Bertz CT molecular complexity index is 860. The second-order valence-electron chi connectivity index (χ2n) is 5.03. The van der Waals surface area contributed by atoms with Gasteiger partial charge in [0, 0.05) is 12.1 Å². The summed E-state index contributed by atoms with van der Waals surface area (Å²) >= 11 is 5.58. The molecular formula is C17H13F2N2O2PS. The van der Waals surface area contributed by atoms with Crippen LogP contribution >= 0.6 is 6.49 Å². The number of hydrogen-bond donors (Lipinski definition) is 0. The van der Waals surface area contributed by atoms with E-state index in [1.807, 2.05) is 30.3 Å². The highest BCUT2D eigenvalue weighted by atomic mass is 32.5. The van der Waals surface area contributed by atoms with Gasteiger partial charge in [0.1, 0.15) is 0 Å². The molecule has 0 unspecified atom stereocenters. The van der Waals surface area contributed by atoms with E-state index in [-0.39, 0.29) is 17.9 Å². The fraction of sp³-hybridized carbons (Fsp3) is 0.0588. The zero-order valence-electron chi connectivity index (χ0n) is 12.9. The van der Waals surface area contributed by atoms with Gasteiger partial charge in [-0.3, -0.25) is 0 Å². The fourth-order valence-corrected chi connectivity index (χ4v) is 4.56. The quantitative estimate of drug-likeness (QED) is 0.459. The van der Waals surface area contributed by atoms with Gasteiger partial charge < -0.3 is 9.05 Å². The molecule has 128 valence electrons. The molecule has 4 nitrogen and oxygen atoms in total. The van der Waals surface area contributed by atoms with E-state index in [1.165, 1.54) is 36.4 Å². The van der Waals surface area contributed by atoms with Crippen molar-refractivity contribution in [3.63, 3.8) is 0 Å². The Morgan fingerprint density at radius 3 is 1.76 bits per heavy atom. The lowest BCUT2D eigenvalue weighted by Crippen LogP contribution is -2.06. The average Bonchev–Trinajstić information content (AvgIpc) is 2.55. The first-order chi connectivity index (χ1) is 12.0. The third-order valence-corrected chi connectivity index (χ3v) is 5.58. The van der Waals surface area contributed by atoms with Crippen molar-refractivity contribution in [1.82, 2.24) is 9.97 Å². The summed E-state index contributed by atoms with van der Waals surface area (Å²) in [4.78, 5) is 7.31. The third kappa shape index (κ3) is 5.05. The summed E-state index contributed by atoms with van der Waals surface area (Å²) in [5.41, 5.74) is 0.874. The first-order valence-corrected chi connectivity index (χ1v) is 10.1. The Labute approximate surface area is 148 Å². The van der Waals surface area contributed by atoms with Crippen LogP contribution in [0.2, 0.25) is 0 Å². The maximum Gasteiger partial charge on any atom is 0.294 e. The van der Waals surface area contributed by atoms with E-state index in [0.29, 0.717) is 0 Å². The Morgan fingerprint density at radius 2 is 1.28 bits per heavy atom. The molecule has 0 spiro atoms. The Balaban J connectivity index is 1.90. The molecule has 8 heteroatoms. The Kier molecular flexibility index (Phi) is 5.36. The van der Waals surface area contributed by atoms with Crippen LogP contribution in [0.1, 0.15) is 5.56 Å². The van der Waals surface area contributed by atoms with E-state index >= 15 is 0 Å². The van der Waals surface area contributed by atoms with Crippen molar-refractivity contribution in [2.75, 3.05) is 0 Å². The van der Waals surface area contributed by atoms with Gasteiger partial charge in [0.15, 0.2) is 0 Å². The smallest absolute Gasteiger partial charge is 0.294 e. The van der Waals surface area contributed by atoms with Gasteiger partial charge >= 0.3 is 0 Å². The molecule has 0 atom stereocenters. The number of halogens is 2. The van der Waals surface area contributed by atoms with E-state index in [4.69, 9.17) is 20.9 Å². The lowest BCUT2D eigenvalue weighted by atomic mass is 10.2. The Morgan fingerprint density at radius 1 is 0.760 bits per heavy atom. The molecule has 2 aromatic heterocycles. The molecule has 3 aromatic rings. The average molecular weight is 378 g/mol. The maximum absolute atomic E-state index is 13.3. The minimum Gasteiger partial charge on any atom is -0.417 e. The second-order valence-corrected chi connectivity index (χ2v) is 8.61. The summed E-state index contributed by atoms with van der Waals surface area (Å²) in [6.07, 6.45) is 0.250. The summed E-state index contributed by atoms with van der Waals surface area (Å²) in [5, 5.41) is 0. The molecule has 0 saturated carbocycles. The van der Waals surface area contributed by atoms with Crippen LogP contribution in [0.25, 0.3) is 0 Å². The van der Waals surface area contributed by atoms with Crippen molar-refractivity contribution < 1.29 is 17.8 Å². The third-order valence-electron chi connectivity index (χ3n) is 3.06. The molecular weight excluding hydrogens is 365 g/mol. The lowest BCUT2D eigenvalue weighted by Gasteiger charge is -2.22. The monoisotopic (exact) mass is 378 g/mol. The SMILES string of the molecule is Fc1cccc(OP(=S)(Cc2ccccc2)Oc2cccc(F)n2)n1. The van der Waals surface area contributed by atoms with E-state index in [1.54, 1.807) is 0 Å². The molecule has 0 radical (unpaired) electrons. The van der Waals surface area contributed by atoms with Crippen LogP contribution in [0, 0.1) is 11.9 Å². The zero-order valence-corrected chi connectivity index (χ0v) is 14.6. The summed E-state index contributed by atoms with van der Waals surface area (Å²) in [6, 6.07) is 17.6. The van der Waals surface area contributed by atoms with Crippen LogP contribution in [0.5, 0.6) is 11.8 Å². The van der Waals surface area contributed by atoms with Crippen LogP contribution in [0.4, 0.5) is 8.78 Å². The van der Waals surface area contributed by atoms with Gasteiger partial charge in [-0.2, -0.15) is 18.7 Å². The second kappa shape index (κ2) is 7.68. The van der Waals surface area contributed by atoms with Crippen LogP contribution in [0.15, 0.2) is 66.7 Å². The van der Waals surface area contributed by atoms with Gasteiger partial charge in [-0.1, -0.05) is 42.5 Å². The normalized spacial score (nSPS) is 11.1. The van der Waals surface area contributed by atoms with Crippen LogP contribution in [0.3, 0.4) is 0 Å². The van der Waals surface area contributed by atoms with E-state index < -0.39 is 18.4 Å². The first kappa shape index (κ1) is 17.5. The molecule has 0 saturated heterocycles. The largest absolute Gasteiger partial charge is 0.417 e. The fourth-order valence-electron chi connectivity index (χ4n) is 2.06. The predicted molar refractivity (Wildman–Crippen MR) is 94.1 cm³/mol. The van der Waals surface area contributed by atoms with Crippen molar-refractivity contribution in [2.45, 2.75) is 6.16 Å². The highest BCUT2D eigenvalue weighted by Crippen LogP contribution is 2.51. The molecule has 0 aliphatic heterocycles. The summed E-state index contributed by atoms with van der Waals surface area (Å²) in [5.74, 6) is -1.36. The van der Waals surface area contributed by atoms with Crippen molar-refractivity contribution in [3.8, 4) is 11.8 Å². The van der Waals surface area contributed by atoms with Crippen LogP contribution < -0.4 is 9.05 Å². The number of rotatable bonds is 6. The number of pyridine rings is 2. The molecule has 3 rings (SSSR count). The van der Waals surface area contributed by atoms with Gasteiger partial charge in [0.25, 0.3) is 6.49 Å². The Hall–Kier alpha value is -2.37. The van der Waals surface area contributed by atoms with Gasteiger partial charge in [-0.05, 0) is 29.5 Å². The van der Waals surface area contributed by atoms with Crippen molar-refractivity contribution in [3.05, 3.63) is 84.2 Å². The van der Waals surface area contributed by atoms with Crippen molar-refractivity contribution in [1.29, 1.82) is 0 Å². The zero-order chi connectivity index (χ0) is 17.7. The highest BCUT2D eigenvalue weighted by molar-refractivity contribution is 8.09. The number of nitrogens with zero attached hydrogens (tertiary/aromatic N) is 2. The summed E-state index contributed by atoms with van der Waals surface area (Å²) in [6.45, 7) is -3.05. The van der Waals surface area contributed by atoms with Gasteiger partial charge in [0.2, 0.25) is 23.7 Å². The van der Waals surface area contributed by atoms with E-state index in [9.17, 15) is 8.78 Å². The molecule has 25 heavy (non-hydrogen) atoms. The van der Waals surface area contributed by atoms with E-state index in [0.717, 1.165) is 5.56 Å². The molecule has 0 N–H and O–H groups in total. The highest BCUT2D eigenvalue weighted by Gasteiger charge is 2.25. The van der Waals surface area contributed by atoms with Gasteiger partial charge in [0.05, 0.1) is 6.16 Å². The molecule has 0 fully saturated rings. The predicted octanol–water partition coefficient (Wildman–Crippen LogP) is 4.72. The molecule has 0 aliphatic carbocycles. The van der Waals surface area contributed by atoms with E-state index in [2.05, 4.69) is 9.97 Å². The first-order valence-electron chi connectivity index (χ1n) is 7.30. The summed E-state index contributed by atoms with van der Waals surface area (Å²) in [7, 11) is 0. The number of benzene rings is 1. The van der Waals surface area contributed by atoms with Crippen molar-refractivity contribution >= 4 is 18.3 Å². The standard InChI is InChI=1S/C17H13F2N2O2PS/c18-14-8-4-10-16(20-14)22-24(25,12-13-6-2-1-3-7-13)23-17-11-5-9-15(19)21-17/h1-11H,12H2. The van der Waals surface area contributed by atoms with Gasteiger partial charge in [-0.25, -0.2) is 0 Å². The number of hydrogen-bond acceptors (Lipinski definition) is 5.